The fourth-order valence-electron chi connectivity index (χ4n) is 1.97. The third-order valence-corrected chi connectivity index (χ3v) is 3.01. The van der Waals surface area contributed by atoms with E-state index in [4.69, 9.17) is 0 Å². The Balaban J connectivity index is 0.000000423. The summed E-state index contributed by atoms with van der Waals surface area (Å²) < 4.78 is 0. The van der Waals surface area contributed by atoms with Crippen molar-refractivity contribution in [2.45, 2.75) is 79.6 Å². The van der Waals surface area contributed by atoms with E-state index in [0.717, 1.165) is 17.8 Å². The average molecular weight is 212 g/mol. The van der Waals surface area contributed by atoms with Gasteiger partial charge in [-0.15, -0.1) is 0 Å². The molecule has 1 atom stereocenters. The van der Waals surface area contributed by atoms with Crippen LogP contribution in [0.1, 0.15) is 79.6 Å². The van der Waals surface area contributed by atoms with Crippen LogP contribution in [0.25, 0.3) is 0 Å². The Morgan fingerprint density at radius 1 is 1.07 bits per heavy atom. The third-order valence-electron chi connectivity index (χ3n) is 3.01. The number of hydrogen-bond donors (Lipinski definition) is 0. The summed E-state index contributed by atoms with van der Waals surface area (Å²) >= 11 is 0. The van der Waals surface area contributed by atoms with Gasteiger partial charge in [-0.05, 0) is 24.2 Å². The molecule has 0 nitrogen and oxygen atoms in total. The van der Waals surface area contributed by atoms with Gasteiger partial charge in [0.1, 0.15) is 0 Å². The lowest BCUT2D eigenvalue weighted by Crippen LogP contribution is -2.14. The van der Waals surface area contributed by atoms with Crippen molar-refractivity contribution in [3.05, 3.63) is 0 Å². The summed E-state index contributed by atoms with van der Waals surface area (Å²) in [5, 5.41) is 0. The van der Waals surface area contributed by atoms with Crippen molar-refractivity contribution < 1.29 is 0 Å². The lowest BCUT2D eigenvalue weighted by Gasteiger charge is -2.28. The van der Waals surface area contributed by atoms with Gasteiger partial charge in [0.25, 0.3) is 0 Å². The molecule has 1 aliphatic rings. The second kappa shape index (κ2) is 9.24. The van der Waals surface area contributed by atoms with Gasteiger partial charge < -0.3 is 0 Å². The molecular weight excluding hydrogens is 180 g/mol. The van der Waals surface area contributed by atoms with Gasteiger partial charge in [0, 0.05) is 0 Å². The van der Waals surface area contributed by atoms with Crippen LogP contribution in [-0.4, -0.2) is 0 Å². The fourth-order valence-corrected chi connectivity index (χ4v) is 1.97. The number of hydrogen-bond acceptors (Lipinski definition) is 0. The minimum absolute atomic E-state index is 0.833. The fraction of sp³-hybridized carbons (Fsp3) is 1.00. The number of rotatable bonds is 5. The van der Waals surface area contributed by atoms with Crippen LogP contribution in [0.3, 0.4) is 0 Å². The van der Waals surface area contributed by atoms with Crippen molar-refractivity contribution in [1.82, 2.24) is 0 Å². The van der Waals surface area contributed by atoms with Gasteiger partial charge >= 0.3 is 0 Å². The van der Waals surface area contributed by atoms with Crippen molar-refractivity contribution in [2.24, 2.45) is 17.8 Å². The Hall–Kier alpha value is 0. The molecule has 0 amide bonds. The third kappa shape index (κ3) is 10.3. The highest BCUT2D eigenvalue weighted by Crippen LogP contribution is 2.33. The molecule has 0 spiro atoms. The molecule has 0 heterocycles. The van der Waals surface area contributed by atoms with Crippen LogP contribution in [0.15, 0.2) is 0 Å². The summed E-state index contributed by atoms with van der Waals surface area (Å²) in [7, 11) is 0. The van der Waals surface area contributed by atoms with E-state index >= 15 is 0 Å². The molecule has 1 aliphatic carbocycles. The van der Waals surface area contributed by atoms with E-state index in [1.54, 1.807) is 0 Å². The van der Waals surface area contributed by atoms with Crippen molar-refractivity contribution in [3.63, 3.8) is 0 Å². The van der Waals surface area contributed by atoms with Gasteiger partial charge in [0.2, 0.25) is 0 Å². The maximum atomic E-state index is 2.42. The van der Waals surface area contributed by atoms with E-state index in [1.165, 1.54) is 44.9 Å². The molecule has 15 heavy (non-hydrogen) atoms. The normalized spacial score (nSPS) is 18.0. The van der Waals surface area contributed by atoms with E-state index in [1.807, 2.05) is 0 Å². The molecule has 0 aromatic rings. The second-order valence-corrected chi connectivity index (χ2v) is 6.01. The van der Waals surface area contributed by atoms with Gasteiger partial charge in [0.15, 0.2) is 0 Å². The molecule has 1 saturated carbocycles. The maximum Gasteiger partial charge on any atom is -0.0412 e. The molecule has 1 rings (SSSR count). The van der Waals surface area contributed by atoms with Crippen LogP contribution in [0, 0.1) is 17.8 Å². The standard InChI is InChI=1S/C11H22.C4H10/c1-3-4-6-10(2)9-11-7-5-8-11;1-4(2)3/h10-11H,3-9H2,1-2H3;4H,1-3H3. The first-order valence-corrected chi connectivity index (χ1v) is 7.06. The Labute approximate surface area is 97.8 Å². The van der Waals surface area contributed by atoms with Gasteiger partial charge in [-0.3, -0.25) is 0 Å². The van der Waals surface area contributed by atoms with Gasteiger partial charge in [-0.25, -0.2) is 0 Å². The molecule has 0 heteroatoms. The highest BCUT2D eigenvalue weighted by Gasteiger charge is 2.19. The first-order chi connectivity index (χ1) is 7.06. The lowest BCUT2D eigenvalue weighted by atomic mass is 9.78. The first-order valence-electron chi connectivity index (χ1n) is 7.06. The van der Waals surface area contributed by atoms with Crippen molar-refractivity contribution >= 4 is 0 Å². The van der Waals surface area contributed by atoms with Crippen molar-refractivity contribution in [1.29, 1.82) is 0 Å². The summed E-state index contributed by atoms with van der Waals surface area (Å²) in [4.78, 5) is 0. The largest absolute Gasteiger partial charge is 0.0654 e. The maximum absolute atomic E-state index is 2.42. The summed E-state index contributed by atoms with van der Waals surface area (Å²) in [5.74, 6) is 2.95. The Bertz CT molecular complexity index is 119. The van der Waals surface area contributed by atoms with Gasteiger partial charge in [-0.2, -0.15) is 0 Å². The zero-order valence-corrected chi connectivity index (χ0v) is 11.7. The molecule has 0 saturated heterocycles. The molecule has 0 aliphatic heterocycles. The molecule has 1 unspecified atom stereocenters. The molecule has 92 valence electrons. The van der Waals surface area contributed by atoms with Crippen LogP contribution in [0.5, 0.6) is 0 Å². The molecule has 1 fully saturated rings. The van der Waals surface area contributed by atoms with Crippen LogP contribution in [0.4, 0.5) is 0 Å². The quantitative estimate of drug-likeness (QED) is 0.551. The summed E-state index contributed by atoms with van der Waals surface area (Å²) in [6, 6.07) is 0. The summed E-state index contributed by atoms with van der Waals surface area (Å²) in [6.07, 6.45) is 10.3. The first kappa shape index (κ1) is 15.0. The van der Waals surface area contributed by atoms with E-state index in [-0.39, 0.29) is 0 Å². The van der Waals surface area contributed by atoms with Gasteiger partial charge in [-0.1, -0.05) is 73.1 Å². The zero-order chi connectivity index (χ0) is 11.7. The second-order valence-electron chi connectivity index (χ2n) is 6.01. The Morgan fingerprint density at radius 3 is 1.93 bits per heavy atom. The van der Waals surface area contributed by atoms with E-state index < -0.39 is 0 Å². The Kier molecular flexibility index (Phi) is 9.24. The predicted octanol–water partition coefficient (Wildman–Crippen LogP) is 5.67. The highest BCUT2D eigenvalue weighted by atomic mass is 14.2. The van der Waals surface area contributed by atoms with Crippen LogP contribution in [-0.2, 0) is 0 Å². The van der Waals surface area contributed by atoms with E-state index in [0.29, 0.717) is 0 Å². The molecule has 0 aromatic carbocycles. The Morgan fingerprint density at radius 2 is 1.60 bits per heavy atom. The van der Waals surface area contributed by atoms with E-state index in [9.17, 15) is 0 Å². The highest BCUT2D eigenvalue weighted by molar-refractivity contribution is 4.71. The average Bonchev–Trinajstić information content (AvgIpc) is 2.07. The number of unbranched alkanes of at least 4 members (excludes halogenated alkanes) is 1. The molecule has 0 radical (unpaired) electrons. The SMILES string of the molecule is CC(C)C.CCCCC(C)CC1CCC1. The van der Waals surface area contributed by atoms with E-state index in [2.05, 4.69) is 34.6 Å². The van der Waals surface area contributed by atoms with Crippen LogP contribution < -0.4 is 0 Å². The monoisotopic (exact) mass is 212 g/mol. The van der Waals surface area contributed by atoms with Crippen LogP contribution >= 0.6 is 0 Å². The van der Waals surface area contributed by atoms with Gasteiger partial charge in [0.05, 0.1) is 0 Å². The lowest BCUT2D eigenvalue weighted by molar-refractivity contribution is 0.249. The smallest absolute Gasteiger partial charge is 0.0412 e. The topological polar surface area (TPSA) is 0 Å². The predicted molar refractivity (Wildman–Crippen MR) is 71.2 cm³/mol. The summed E-state index contributed by atoms with van der Waals surface area (Å²) in [5.41, 5.74) is 0. The zero-order valence-electron chi connectivity index (χ0n) is 11.7. The molecule has 0 N–H and O–H groups in total. The minimum atomic E-state index is 0.833. The summed E-state index contributed by atoms with van der Waals surface area (Å²) in [6.45, 7) is 11.2. The molecule has 0 bridgehead atoms. The molecular formula is C15H32. The van der Waals surface area contributed by atoms with Crippen LogP contribution in [0.2, 0.25) is 0 Å². The molecule has 0 aromatic heterocycles. The van der Waals surface area contributed by atoms with Crippen molar-refractivity contribution in [3.8, 4) is 0 Å². The van der Waals surface area contributed by atoms with Crippen molar-refractivity contribution in [2.75, 3.05) is 0 Å². The minimum Gasteiger partial charge on any atom is -0.0654 e.